The number of carbonyl (C=O) groups is 1. The number of isothiocyanates is 1. The van der Waals surface area contributed by atoms with Crippen molar-refractivity contribution in [3.63, 3.8) is 0 Å². The smallest absolute Gasteiger partial charge is 0.424 e. The summed E-state index contributed by atoms with van der Waals surface area (Å²) in [6.45, 7) is 0. The molecule has 5 nitrogen and oxygen atoms in total. The fraction of sp³-hybridized carbons (Fsp3) is 0. The molecule has 0 spiro atoms. The molecule has 0 aromatic rings. The highest BCUT2D eigenvalue weighted by atomic mass is 32.1. The van der Waals surface area contributed by atoms with Gasteiger partial charge in [0.2, 0.25) is 0 Å². The minimum atomic E-state index is -1.22. The van der Waals surface area contributed by atoms with E-state index < -0.39 is 6.09 Å². The van der Waals surface area contributed by atoms with Crippen molar-refractivity contribution in [3.8, 4) is 0 Å². The number of hydrogen-bond donors (Lipinski definition) is 3. The van der Waals surface area contributed by atoms with Crippen molar-refractivity contribution in [1.82, 2.24) is 11.0 Å². The van der Waals surface area contributed by atoms with Gasteiger partial charge in [-0.15, -0.1) is 5.10 Å². The van der Waals surface area contributed by atoms with E-state index in [0.717, 1.165) is 0 Å². The summed E-state index contributed by atoms with van der Waals surface area (Å²) in [7, 11) is 0. The van der Waals surface area contributed by atoms with Crippen LogP contribution in [0.15, 0.2) is 5.10 Å². The van der Waals surface area contributed by atoms with Gasteiger partial charge in [0.15, 0.2) is 0 Å². The molecule has 1 amide bonds. The average molecular weight is 133 g/mol. The zero-order chi connectivity index (χ0) is 6.41. The van der Waals surface area contributed by atoms with E-state index in [1.807, 2.05) is 10.7 Å². The lowest BCUT2D eigenvalue weighted by atomic mass is 11.3. The van der Waals surface area contributed by atoms with Gasteiger partial charge in [-0.25, -0.2) is 15.8 Å². The number of thiocarbonyl (C=S) groups is 1. The molecule has 0 bridgehead atoms. The Morgan fingerprint density at radius 2 is 2.50 bits per heavy atom. The first kappa shape index (κ1) is 6.87. The lowest BCUT2D eigenvalue weighted by molar-refractivity contribution is 0.189. The molecule has 0 heterocycles. The largest absolute Gasteiger partial charge is 0.464 e. The predicted molar refractivity (Wildman–Crippen MR) is 29.3 cm³/mol. The summed E-state index contributed by atoms with van der Waals surface area (Å²) in [5.41, 5.74) is 3.61. The van der Waals surface area contributed by atoms with E-state index in [1.54, 1.807) is 5.43 Å². The molecule has 0 unspecified atom stereocenters. The molecule has 0 aliphatic rings. The molecule has 0 saturated heterocycles. The van der Waals surface area contributed by atoms with E-state index >= 15 is 0 Å². The number of carboxylic acid groups (broad SMARTS) is 1. The lowest BCUT2D eigenvalue weighted by Crippen LogP contribution is -2.31. The summed E-state index contributed by atoms with van der Waals surface area (Å²) in [4.78, 5) is 9.58. The Kier molecular flexibility index (Phi) is 3.47. The monoisotopic (exact) mass is 133 g/mol. The van der Waals surface area contributed by atoms with Crippen LogP contribution in [0.1, 0.15) is 0 Å². The molecule has 0 aliphatic heterocycles. The number of hydrogen-bond acceptors (Lipinski definition) is 4. The van der Waals surface area contributed by atoms with Crippen molar-refractivity contribution < 1.29 is 9.90 Å². The maximum atomic E-state index is 9.58. The number of rotatable bonds is 2. The first-order chi connectivity index (χ1) is 3.77. The standard InChI is InChI=1S/C2H3N3O2S/c6-2(7)4-5-3-1-8/h4-5H,(H,6,7). The van der Waals surface area contributed by atoms with Gasteiger partial charge in [-0.3, -0.25) is 0 Å². The molecular weight excluding hydrogens is 130 g/mol. The topological polar surface area (TPSA) is 73.7 Å². The van der Waals surface area contributed by atoms with Gasteiger partial charge in [-0.2, -0.15) is 0 Å². The second-order valence-electron chi connectivity index (χ2n) is 0.745. The van der Waals surface area contributed by atoms with Gasteiger partial charge < -0.3 is 5.11 Å². The van der Waals surface area contributed by atoms with Gasteiger partial charge >= 0.3 is 6.09 Å². The quantitative estimate of drug-likeness (QED) is 0.276. The summed E-state index contributed by atoms with van der Waals surface area (Å²) >= 11 is 4.09. The fourth-order valence-electron chi connectivity index (χ4n) is 0.0986. The number of nitrogens with one attached hydrogen (secondary N) is 2. The summed E-state index contributed by atoms with van der Waals surface area (Å²) in [5, 5.41) is 12.8. The molecule has 0 aliphatic carbocycles. The van der Waals surface area contributed by atoms with Crippen LogP contribution in [0.25, 0.3) is 0 Å². The Balaban J connectivity index is 3.18. The second kappa shape index (κ2) is 4.04. The summed E-state index contributed by atoms with van der Waals surface area (Å²) < 4.78 is 0. The van der Waals surface area contributed by atoms with Crippen molar-refractivity contribution in [2.75, 3.05) is 0 Å². The number of hydrazone groups is 1. The average Bonchev–Trinajstić information content (AvgIpc) is 1.66. The summed E-state index contributed by atoms with van der Waals surface area (Å²) in [6.07, 6.45) is -1.22. The maximum Gasteiger partial charge on any atom is 0.424 e. The van der Waals surface area contributed by atoms with Crippen LogP contribution >= 0.6 is 12.2 Å². The zero-order valence-corrected chi connectivity index (χ0v) is 4.53. The van der Waals surface area contributed by atoms with E-state index in [2.05, 4.69) is 17.3 Å². The molecule has 0 fully saturated rings. The molecule has 0 saturated carbocycles. The van der Waals surface area contributed by atoms with Crippen LogP contribution < -0.4 is 11.0 Å². The van der Waals surface area contributed by atoms with Crippen molar-refractivity contribution in [3.05, 3.63) is 0 Å². The Bertz CT molecular complexity index is 127. The second-order valence-corrected chi connectivity index (χ2v) is 0.928. The van der Waals surface area contributed by atoms with Crippen LogP contribution in [0.2, 0.25) is 0 Å². The highest BCUT2D eigenvalue weighted by Gasteiger charge is 1.84. The minimum Gasteiger partial charge on any atom is -0.464 e. The maximum absolute atomic E-state index is 9.58. The Morgan fingerprint density at radius 3 is 2.88 bits per heavy atom. The van der Waals surface area contributed by atoms with Crippen molar-refractivity contribution in [1.29, 1.82) is 0 Å². The van der Waals surface area contributed by atoms with Gasteiger partial charge in [0, 0.05) is 0 Å². The summed E-state index contributed by atoms with van der Waals surface area (Å²) in [5.74, 6) is 0. The predicted octanol–water partition coefficient (Wildman–Crippen LogP) is -0.224. The third kappa shape index (κ3) is 4.87. The molecule has 0 radical (unpaired) electrons. The van der Waals surface area contributed by atoms with Gasteiger partial charge in [-0.1, -0.05) is 0 Å². The molecular formula is C2H3N3O2S. The lowest BCUT2D eigenvalue weighted by Gasteiger charge is -1.91. The molecule has 0 aromatic heterocycles. The SMILES string of the molecule is O=C(O)NNN=C=S. The minimum absolute atomic E-state index is 1.22. The number of nitrogens with zero attached hydrogens (tertiary/aromatic N) is 1. The number of amides is 1. The van der Waals surface area contributed by atoms with Crippen LogP contribution in [0, 0.1) is 0 Å². The molecule has 0 aromatic carbocycles. The molecule has 6 heteroatoms. The fourth-order valence-corrected chi connectivity index (χ4v) is 0.144. The third-order valence-corrected chi connectivity index (χ3v) is 0.356. The van der Waals surface area contributed by atoms with Gasteiger partial charge in [0.05, 0.1) is 5.16 Å². The van der Waals surface area contributed by atoms with Crippen LogP contribution in [0.3, 0.4) is 0 Å². The van der Waals surface area contributed by atoms with Gasteiger partial charge in [0.25, 0.3) is 0 Å². The Hall–Kier alpha value is -1.13. The van der Waals surface area contributed by atoms with Crippen LogP contribution in [0.4, 0.5) is 4.79 Å². The van der Waals surface area contributed by atoms with Crippen molar-refractivity contribution in [2.45, 2.75) is 0 Å². The van der Waals surface area contributed by atoms with Gasteiger partial charge in [-0.05, 0) is 12.2 Å². The molecule has 8 heavy (non-hydrogen) atoms. The van der Waals surface area contributed by atoms with E-state index in [1.165, 1.54) is 0 Å². The Morgan fingerprint density at radius 1 is 1.88 bits per heavy atom. The van der Waals surface area contributed by atoms with E-state index in [9.17, 15) is 4.79 Å². The molecule has 0 atom stereocenters. The summed E-state index contributed by atoms with van der Waals surface area (Å²) in [6, 6.07) is 0. The highest BCUT2D eigenvalue weighted by molar-refractivity contribution is 7.78. The third-order valence-electron chi connectivity index (χ3n) is 0.264. The molecule has 44 valence electrons. The molecule has 0 rings (SSSR count). The van der Waals surface area contributed by atoms with Gasteiger partial charge in [0.1, 0.15) is 0 Å². The van der Waals surface area contributed by atoms with Crippen molar-refractivity contribution >= 4 is 23.5 Å². The number of hydrazine groups is 1. The highest BCUT2D eigenvalue weighted by Crippen LogP contribution is 1.52. The molecule has 3 N–H and O–H groups in total. The van der Waals surface area contributed by atoms with E-state index in [4.69, 9.17) is 5.11 Å². The normalized spacial score (nSPS) is 6.50. The van der Waals surface area contributed by atoms with Crippen molar-refractivity contribution in [2.24, 2.45) is 5.10 Å². The van der Waals surface area contributed by atoms with Crippen LogP contribution in [-0.2, 0) is 0 Å². The Labute approximate surface area is 50.4 Å². The first-order valence-corrected chi connectivity index (χ1v) is 1.99. The van der Waals surface area contributed by atoms with E-state index in [0.29, 0.717) is 0 Å². The first-order valence-electron chi connectivity index (χ1n) is 1.58. The van der Waals surface area contributed by atoms with Crippen LogP contribution in [-0.4, -0.2) is 16.4 Å². The zero-order valence-electron chi connectivity index (χ0n) is 3.71. The van der Waals surface area contributed by atoms with Crippen LogP contribution in [0.5, 0.6) is 0 Å². The van der Waals surface area contributed by atoms with E-state index in [-0.39, 0.29) is 0 Å².